The van der Waals surface area contributed by atoms with Crippen LogP contribution in [0.25, 0.3) is 0 Å². The number of nitrogen functional groups attached to an aromatic ring is 1. The van der Waals surface area contributed by atoms with Crippen LogP contribution in [-0.2, 0) is 0 Å². The van der Waals surface area contributed by atoms with Gasteiger partial charge in [-0.3, -0.25) is 5.41 Å². The first-order chi connectivity index (χ1) is 8.26. The van der Waals surface area contributed by atoms with Crippen molar-refractivity contribution in [3.8, 4) is 0 Å². The SMILES string of the molecule is CCN(CC(F)(F)F)c1cccc(F)c1C(=N)N. The molecule has 1 aromatic carbocycles. The molecule has 0 radical (unpaired) electrons. The fourth-order valence-corrected chi connectivity index (χ4v) is 1.63. The number of benzene rings is 1. The molecule has 0 spiro atoms. The van der Waals surface area contributed by atoms with Gasteiger partial charge in [0.1, 0.15) is 18.2 Å². The van der Waals surface area contributed by atoms with Crippen LogP contribution in [0.1, 0.15) is 12.5 Å². The first-order valence-corrected chi connectivity index (χ1v) is 5.21. The predicted molar refractivity (Wildman–Crippen MR) is 61.4 cm³/mol. The average Bonchev–Trinajstić information content (AvgIpc) is 2.23. The molecule has 18 heavy (non-hydrogen) atoms. The van der Waals surface area contributed by atoms with Crippen LogP contribution in [0.3, 0.4) is 0 Å². The van der Waals surface area contributed by atoms with Gasteiger partial charge < -0.3 is 10.6 Å². The van der Waals surface area contributed by atoms with Crippen molar-refractivity contribution in [1.29, 1.82) is 5.41 Å². The van der Waals surface area contributed by atoms with Crippen molar-refractivity contribution in [3.05, 3.63) is 29.6 Å². The van der Waals surface area contributed by atoms with Crippen LogP contribution >= 0.6 is 0 Å². The molecule has 1 aromatic rings. The van der Waals surface area contributed by atoms with E-state index in [0.717, 1.165) is 11.0 Å². The second-order valence-corrected chi connectivity index (χ2v) is 3.68. The van der Waals surface area contributed by atoms with Crippen molar-refractivity contribution in [2.75, 3.05) is 18.0 Å². The van der Waals surface area contributed by atoms with Gasteiger partial charge in [0.05, 0.1) is 11.3 Å². The molecule has 0 unspecified atom stereocenters. The molecule has 0 amide bonds. The Bertz CT molecular complexity index is 442. The standard InChI is InChI=1S/C11H13F4N3/c1-2-18(6-11(13,14)15)8-5-3-4-7(12)9(8)10(16)17/h3-5H,2,6H2,1H3,(H3,16,17). The highest BCUT2D eigenvalue weighted by Gasteiger charge is 2.31. The van der Waals surface area contributed by atoms with Gasteiger partial charge in [-0.15, -0.1) is 0 Å². The summed E-state index contributed by atoms with van der Waals surface area (Å²) in [6.45, 7) is 0.330. The molecule has 0 aromatic heterocycles. The summed E-state index contributed by atoms with van der Waals surface area (Å²) >= 11 is 0. The third-order valence-corrected chi connectivity index (χ3v) is 2.35. The van der Waals surface area contributed by atoms with E-state index in [9.17, 15) is 17.6 Å². The van der Waals surface area contributed by atoms with Crippen LogP contribution in [0.15, 0.2) is 18.2 Å². The fourth-order valence-electron chi connectivity index (χ4n) is 1.63. The Kier molecular flexibility index (Phi) is 4.15. The third-order valence-electron chi connectivity index (χ3n) is 2.35. The number of nitrogens with one attached hydrogen (secondary N) is 1. The minimum atomic E-state index is -4.41. The quantitative estimate of drug-likeness (QED) is 0.498. The van der Waals surface area contributed by atoms with Crippen LogP contribution in [0.5, 0.6) is 0 Å². The molecular weight excluding hydrogens is 250 g/mol. The second-order valence-electron chi connectivity index (χ2n) is 3.68. The predicted octanol–water partition coefficient (Wildman–Crippen LogP) is 2.50. The highest BCUT2D eigenvalue weighted by Crippen LogP contribution is 2.26. The lowest BCUT2D eigenvalue weighted by Gasteiger charge is -2.26. The number of nitrogens with two attached hydrogens (primary N) is 1. The number of hydrogen-bond donors (Lipinski definition) is 2. The summed E-state index contributed by atoms with van der Waals surface area (Å²) in [7, 11) is 0. The maximum atomic E-state index is 13.5. The van der Waals surface area contributed by atoms with Crippen LogP contribution < -0.4 is 10.6 Å². The number of hydrogen-bond acceptors (Lipinski definition) is 2. The molecule has 7 heteroatoms. The van der Waals surface area contributed by atoms with Gasteiger partial charge in [-0.05, 0) is 19.1 Å². The van der Waals surface area contributed by atoms with Gasteiger partial charge in [-0.1, -0.05) is 6.07 Å². The van der Waals surface area contributed by atoms with Crippen molar-refractivity contribution < 1.29 is 17.6 Å². The van der Waals surface area contributed by atoms with Crippen LogP contribution in [0.4, 0.5) is 23.2 Å². The number of anilines is 1. The maximum absolute atomic E-state index is 13.5. The smallest absolute Gasteiger partial charge is 0.384 e. The van der Waals surface area contributed by atoms with Crippen molar-refractivity contribution >= 4 is 11.5 Å². The summed E-state index contributed by atoms with van der Waals surface area (Å²) in [6.07, 6.45) is -4.41. The summed E-state index contributed by atoms with van der Waals surface area (Å²) < 4.78 is 50.7. The normalized spacial score (nSPS) is 11.4. The minimum Gasteiger partial charge on any atom is -0.384 e. The van der Waals surface area contributed by atoms with Crippen LogP contribution in [-0.4, -0.2) is 25.1 Å². The molecule has 0 aliphatic carbocycles. The number of alkyl halides is 3. The molecule has 0 bridgehead atoms. The zero-order valence-corrected chi connectivity index (χ0v) is 9.68. The summed E-state index contributed by atoms with van der Waals surface area (Å²) in [4.78, 5) is 0.930. The molecule has 0 atom stereocenters. The van der Waals surface area contributed by atoms with Gasteiger partial charge in [-0.25, -0.2) is 4.39 Å². The van der Waals surface area contributed by atoms with E-state index in [1.54, 1.807) is 0 Å². The Morgan fingerprint density at radius 1 is 1.39 bits per heavy atom. The third kappa shape index (κ3) is 3.35. The van der Waals surface area contributed by atoms with Crippen LogP contribution in [0, 0.1) is 11.2 Å². The molecule has 0 aliphatic rings. The fraction of sp³-hybridized carbons (Fsp3) is 0.364. The van der Waals surface area contributed by atoms with Crippen LogP contribution in [0.2, 0.25) is 0 Å². The number of halogens is 4. The van der Waals surface area contributed by atoms with E-state index in [4.69, 9.17) is 11.1 Å². The highest BCUT2D eigenvalue weighted by atomic mass is 19.4. The van der Waals surface area contributed by atoms with Gasteiger partial charge in [-0.2, -0.15) is 13.2 Å². The maximum Gasteiger partial charge on any atom is 0.405 e. The van der Waals surface area contributed by atoms with Gasteiger partial charge in [0.15, 0.2) is 0 Å². The zero-order chi connectivity index (χ0) is 13.9. The molecule has 0 heterocycles. The molecule has 3 nitrogen and oxygen atoms in total. The topological polar surface area (TPSA) is 53.1 Å². The highest BCUT2D eigenvalue weighted by molar-refractivity contribution is 6.00. The van der Waals surface area contributed by atoms with Crippen molar-refractivity contribution in [1.82, 2.24) is 0 Å². The van der Waals surface area contributed by atoms with E-state index in [2.05, 4.69) is 0 Å². The summed E-state index contributed by atoms with van der Waals surface area (Å²) in [5, 5.41) is 7.25. The van der Waals surface area contributed by atoms with E-state index in [0.29, 0.717) is 0 Å². The Balaban J connectivity index is 3.21. The van der Waals surface area contributed by atoms with Gasteiger partial charge >= 0.3 is 6.18 Å². The lowest BCUT2D eigenvalue weighted by atomic mass is 10.1. The van der Waals surface area contributed by atoms with E-state index in [-0.39, 0.29) is 17.8 Å². The number of nitrogens with zero attached hydrogens (tertiary/aromatic N) is 1. The monoisotopic (exact) mass is 263 g/mol. The van der Waals surface area contributed by atoms with Crippen molar-refractivity contribution in [2.45, 2.75) is 13.1 Å². The minimum absolute atomic E-state index is 0.0256. The second kappa shape index (κ2) is 5.24. The first kappa shape index (κ1) is 14.3. The lowest BCUT2D eigenvalue weighted by Crippen LogP contribution is -2.35. The number of rotatable bonds is 4. The Labute approximate surface area is 102 Å². The summed E-state index contributed by atoms with van der Waals surface area (Å²) in [6, 6.07) is 3.66. The van der Waals surface area contributed by atoms with Crippen molar-refractivity contribution in [3.63, 3.8) is 0 Å². The zero-order valence-electron chi connectivity index (χ0n) is 9.68. The molecular formula is C11H13F4N3. The largest absolute Gasteiger partial charge is 0.405 e. The van der Waals surface area contributed by atoms with Crippen molar-refractivity contribution in [2.24, 2.45) is 5.73 Å². The molecule has 1 rings (SSSR count). The van der Waals surface area contributed by atoms with Gasteiger partial charge in [0, 0.05) is 6.54 Å². The first-order valence-electron chi connectivity index (χ1n) is 5.21. The van der Waals surface area contributed by atoms with E-state index in [1.807, 2.05) is 0 Å². The van der Waals surface area contributed by atoms with Gasteiger partial charge in [0.25, 0.3) is 0 Å². The molecule has 0 saturated carbocycles. The molecule has 0 aliphatic heterocycles. The Morgan fingerprint density at radius 2 is 2.00 bits per heavy atom. The average molecular weight is 263 g/mol. The molecule has 0 fully saturated rings. The molecule has 0 saturated heterocycles. The summed E-state index contributed by atoms with van der Waals surface area (Å²) in [5.74, 6) is -1.40. The lowest BCUT2D eigenvalue weighted by molar-refractivity contribution is -0.119. The van der Waals surface area contributed by atoms with Gasteiger partial charge in [0.2, 0.25) is 0 Å². The molecule has 3 N–H and O–H groups in total. The van der Waals surface area contributed by atoms with E-state index in [1.165, 1.54) is 19.1 Å². The Hall–Kier alpha value is -1.79. The number of amidine groups is 1. The van der Waals surface area contributed by atoms with E-state index < -0.39 is 24.4 Å². The van der Waals surface area contributed by atoms with E-state index >= 15 is 0 Å². The molecule has 100 valence electrons. The Morgan fingerprint density at radius 3 is 2.44 bits per heavy atom. The summed E-state index contributed by atoms with van der Waals surface area (Å²) in [5.41, 5.74) is 4.88.